The standard InChI is InChI=1S/C23H32N4O2/c1-25(15-20-8-13-29-18-20)23(28)21-5-3-10-27(17-21)22-6-11-26(12-7-22)16-19-4-2-9-24-14-19/h2,4,8-9,13-14,18,21-22H,3,5-7,10-12,15-17H2,1H3. The molecule has 6 nitrogen and oxygen atoms in total. The summed E-state index contributed by atoms with van der Waals surface area (Å²) in [5.41, 5.74) is 2.34. The minimum atomic E-state index is 0.120. The first-order valence-electron chi connectivity index (χ1n) is 10.8. The molecule has 4 heterocycles. The first kappa shape index (κ1) is 20.1. The van der Waals surface area contributed by atoms with E-state index in [1.54, 1.807) is 12.5 Å². The van der Waals surface area contributed by atoms with Gasteiger partial charge in [0.05, 0.1) is 18.4 Å². The van der Waals surface area contributed by atoms with Crippen LogP contribution in [0.2, 0.25) is 0 Å². The van der Waals surface area contributed by atoms with Crippen molar-refractivity contribution in [2.75, 3.05) is 33.2 Å². The molecule has 1 unspecified atom stereocenters. The lowest BCUT2D eigenvalue weighted by molar-refractivity contribution is -0.137. The van der Waals surface area contributed by atoms with E-state index in [2.05, 4.69) is 20.9 Å². The van der Waals surface area contributed by atoms with Gasteiger partial charge in [-0.05, 0) is 63.0 Å². The lowest BCUT2D eigenvalue weighted by atomic mass is 9.92. The van der Waals surface area contributed by atoms with Crippen molar-refractivity contribution in [3.05, 3.63) is 54.2 Å². The molecule has 4 rings (SSSR count). The summed E-state index contributed by atoms with van der Waals surface area (Å²) < 4.78 is 5.13. The van der Waals surface area contributed by atoms with Crippen LogP contribution in [-0.4, -0.2) is 64.9 Å². The van der Waals surface area contributed by atoms with Gasteiger partial charge in [0.25, 0.3) is 0 Å². The Bertz CT molecular complexity index is 756. The van der Waals surface area contributed by atoms with Crippen molar-refractivity contribution in [1.29, 1.82) is 0 Å². The molecule has 0 aliphatic carbocycles. The van der Waals surface area contributed by atoms with E-state index in [9.17, 15) is 4.79 Å². The molecule has 2 aliphatic heterocycles. The Balaban J connectivity index is 1.26. The number of pyridine rings is 1. The van der Waals surface area contributed by atoms with E-state index in [-0.39, 0.29) is 11.8 Å². The molecule has 1 atom stereocenters. The molecule has 156 valence electrons. The molecule has 2 aromatic heterocycles. The molecule has 2 saturated heterocycles. The summed E-state index contributed by atoms with van der Waals surface area (Å²) in [5, 5.41) is 0. The van der Waals surface area contributed by atoms with E-state index in [1.807, 2.05) is 36.5 Å². The number of rotatable bonds is 6. The first-order chi connectivity index (χ1) is 14.2. The van der Waals surface area contributed by atoms with Crippen LogP contribution < -0.4 is 0 Å². The molecule has 0 bridgehead atoms. The molecular formula is C23H32N4O2. The van der Waals surface area contributed by atoms with Crippen LogP contribution in [0.4, 0.5) is 0 Å². The molecule has 2 aromatic rings. The zero-order valence-electron chi connectivity index (χ0n) is 17.4. The molecule has 0 saturated carbocycles. The van der Waals surface area contributed by atoms with Crippen molar-refractivity contribution < 1.29 is 9.21 Å². The van der Waals surface area contributed by atoms with Gasteiger partial charge in [-0.3, -0.25) is 19.6 Å². The monoisotopic (exact) mass is 396 g/mol. The van der Waals surface area contributed by atoms with Gasteiger partial charge in [0, 0.05) is 50.7 Å². The van der Waals surface area contributed by atoms with Crippen LogP contribution in [0.3, 0.4) is 0 Å². The summed E-state index contributed by atoms with van der Waals surface area (Å²) in [6, 6.07) is 6.70. The summed E-state index contributed by atoms with van der Waals surface area (Å²) >= 11 is 0. The smallest absolute Gasteiger partial charge is 0.227 e. The van der Waals surface area contributed by atoms with Crippen molar-refractivity contribution in [3.63, 3.8) is 0 Å². The number of likely N-dealkylation sites (tertiary alicyclic amines) is 2. The van der Waals surface area contributed by atoms with Gasteiger partial charge < -0.3 is 9.32 Å². The van der Waals surface area contributed by atoms with Gasteiger partial charge in [-0.15, -0.1) is 0 Å². The third-order valence-corrected chi connectivity index (χ3v) is 6.38. The van der Waals surface area contributed by atoms with Crippen LogP contribution >= 0.6 is 0 Å². The molecule has 29 heavy (non-hydrogen) atoms. The van der Waals surface area contributed by atoms with Crippen LogP contribution in [0, 0.1) is 5.92 Å². The molecule has 0 spiro atoms. The van der Waals surface area contributed by atoms with Crippen LogP contribution in [-0.2, 0) is 17.9 Å². The van der Waals surface area contributed by atoms with Gasteiger partial charge >= 0.3 is 0 Å². The highest BCUT2D eigenvalue weighted by molar-refractivity contribution is 5.78. The number of piperidine rings is 2. The zero-order valence-corrected chi connectivity index (χ0v) is 17.4. The fourth-order valence-electron chi connectivity index (χ4n) is 4.78. The first-order valence-corrected chi connectivity index (χ1v) is 10.8. The Hall–Kier alpha value is -2.18. The highest BCUT2D eigenvalue weighted by atomic mass is 16.3. The number of hydrogen-bond acceptors (Lipinski definition) is 5. The van der Waals surface area contributed by atoms with Gasteiger partial charge in [-0.1, -0.05) is 6.07 Å². The topological polar surface area (TPSA) is 52.8 Å². The minimum Gasteiger partial charge on any atom is -0.472 e. The molecule has 1 amide bonds. The van der Waals surface area contributed by atoms with E-state index in [0.717, 1.165) is 51.1 Å². The molecule has 6 heteroatoms. The second-order valence-corrected chi connectivity index (χ2v) is 8.53. The molecule has 0 radical (unpaired) electrons. The summed E-state index contributed by atoms with van der Waals surface area (Å²) in [7, 11) is 1.91. The number of nitrogens with zero attached hydrogens (tertiary/aromatic N) is 4. The molecule has 0 aromatic carbocycles. The lowest BCUT2D eigenvalue weighted by Gasteiger charge is -2.42. The van der Waals surface area contributed by atoms with Gasteiger partial charge in [0.1, 0.15) is 0 Å². The second-order valence-electron chi connectivity index (χ2n) is 8.53. The average molecular weight is 397 g/mol. The van der Waals surface area contributed by atoms with Crippen LogP contribution in [0.1, 0.15) is 36.8 Å². The van der Waals surface area contributed by atoms with Crippen LogP contribution in [0.15, 0.2) is 47.5 Å². The van der Waals surface area contributed by atoms with Crippen molar-refractivity contribution in [2.45, 2.75) is 44.8 Å². The SMILES string of the molecule is CN(Cc1ccoc1)C(=O)C1CCCN(C2CCN(Cc3cccnc3)CC2)C1. The average Bonchev–Trinajstić information content (AvgIpc) is 3.27. The van der Waals surface area contributed by atoms with Gasteiger partial charge in [-0.2, -0.15) is 0 Å². The van der Waals surface area contributed by atoms with E-state index in [0.29, 0.717) is 12.6 Å². The quantitative estimate of drug-likeness (QED) is 0.751. The number of carbonyl (C=O) groups is 1. The van der Waals surface area contributed by atoms with Gasteiger partial charge in [0.15, 0.2) is 0 Å². The molecule has 2 aliphatic rings. The molecule has 0 N–H and O–H groups in total. The van der Waals surface area contributed by atoms with Crippen molar-refractivity contribution in [3.8, 4) is 0 Å². The summed E-state index contributed by atoms with van der Waals surface area (Å²) in [5.74, 6) is 0.388. The fraction of sp³-hybridized carbons (Fsp3) is 0.565. The van der Waals surface area contributed by atoms with Crippen molar-refractivity contribution >= 4 is 5.91 Å². The number of aromatic nitrogens is 1. The number of carbonyl (C=O) groups excluding carboxylic acids is 1. The normalized spacial score (nSPS) is 21.9. The molecular weight excluding hydrogens is 364 g/mol. The zero-order chi connectivity index (χ0) is 20.1. The second kappa shape index (κ2) is 9.55. The van der Waals surface area contributed by atoms with Crippen LogP contribution in [0.5, 0.6) is 0 Å². The maximum Gasteiger partial charge on any atom is 0.227 e. The Morgan fingerprint density at radius 1 is 1.21 bits per heavy atom. The minimum absolute atomic E-state index is 0.120. The molecule has 2 fully saturated rings. The fourth-order valence-corrected chi connectivity index (χ4v) is 4.78. The van der Waals surface area contributed by atoms with Crippen molar-refractivity contribution in [2.24, 2.45) is 5.92 Å². The maximum atomic E-state index is 13.0. The summed E-state index contributed by atoms with van der Waals surface area (Å²) in [4.78, 5) is 24.2. The van der Waals surface area contributed by atoms with Crippen molar-refractivity contribution in [1.82, 2.24) is 19.7 Å². The van der Waals surface area contributed by atoms with Crippen LogP contribution in [0.25, 0.3) is 0 Å². The Morgan fingerprint density at radius 3 is 2.79 bits per heavy atom. The number of hydrogen-bond donors (Lipinski definition) is 0. The van der Waals surface area contributed by atoms with E-state index in [4.69, 9.17) is 4.42 Å². The predicted octanol–water partition coefficient (Wildman–Crippen LogP) is 3.01. The highest BCUT2D eigenvalue weighted by Gasteiger charge is 2.32. The van der Waals surface area contributed by atoms with E-state index >= 15 is 0 Å². The number of amides is 1. The van der Waals surface area contributed by atoms with Gasteiger partial charge in [-0.25, -0.2) is 0 Å². The Labute approximate surface area is 173 Å². The third kappa shape index (κ3) is 5.25. The Morgan fingerprint density at radius 2 is 2.07 bits per heavy atom. The van der Waals surface area contributed by atoms with E-state index < -0.39 is 0 Å². The predicted molar refractivity (Wildman–Crippen MR) is 112 cm³/mol. The summed E-state index contributed by atoms with van der Waals surface area (Å²) in [6.07, 6.45) is 11.7. The number of furan rings is 1. The lowest BCUT2D eigenvalue weighted by Crippen LogP contribution is -2.50. The highest BCUT2D eigenvalue weighted by Crippen LogP contribution is 2.26. The Kier molecular flexibility index (Phi) is 6.62. The third-order valence-electron chi connectivity index (χ3n) is 6.38. The largest absolute Gasteiger partial charge is 0.472 e. The van der Waals surface area contributed by atoms with Gasteiger partial charge in [0.2, 0.25) is 5.91 Å². The van der Waals surface area contributed by atoms with E-state index in [1.165, 1.54) is 18.4 Å². The maximum absolute atomic E-state index is 13.0. The summed E-state index contributed by atoms with van der Waals surface area (Å²) in [6.45, 7) is 5.88.